The van der Waals surface area contributed by atoms with Crippen LogP contribution in [0.2, 0.25) is 0 Å². The number of hydrogen-bond donors (Lipinski definition) is 2. The summed E-state index contributed by atoms with van der Waals surface area (Å²) >= 11 is 0. The lowest BCUT2D eigenvalue weighted by Gasteiger charge is -2.19. The Balaban J connectivity index is 3.27. The van der Waals surface area contributed by atoms with Crippen LogP contribution in [0, 0.1) is 0 Å². The first kappa shape index (κ1) is 29.3. The number of aliphatic imine (C=N–C) groups is 1. The van der Waals surface area contributed by atoms with Crippen LogP contribution in [0.4, 0.5) is 0 Å². The van der Waals surface area contributed by atoms with E-state index in [9.17, 15) is 4.79 Å². The highest BCUT2D eigenvalue weighted by molar-refractivity contribution is 5.89. The molecule has 0 aliphatic carbocycles. The Morgan fingerprint density at radius 3 is 2.32 bits per heavy atom. The zero-order chi connectivity index (χ0) is 25.3. The molecule has 190 valence electrons. The van der Waals surface area contributed by atoms with Gasteiger partial charge in [-0.25, -0.2) is 9.79 Å². The van der Waals surface area contributed by atoms with Gasteiger partial charge in [0.05, 0.1) is 37.0 Å². The van der Waals surface area contributed by atoms with E-state index in [0.717, 1.165) is 54.6 Å². The summed E-state index contributed by atoms with van der Waals surface area (Å²) in [6.07, 6.45) is 10.5. The number of nitrogens with one attached hydrogen (secondary N) is 1. The normalized spacial score (nSPS) is 12.2. The largest absolute Gasteiger partial charge is 0.496 e. The van der Waals surface area contributed by atoms with Crippen molar-refractivity contribution in [2.45, 2.75) is 91.5 Å². The maximum Gasteiger partial charge on any atom is 0.337 e. The number of hydrogen-bond acceptors (Lipinski definition) is 5. The number of allylic oxidation sites excluding steroid dienone is 2. The lowest BCUT2D eigenvalue weighted by molar-refractivity contribution is 0.0600. The average molecular weight is 472 g/mol. The molecule has 1 aromatic carbocycles. The third-order valence-corrected chi connectivity index (χ3v) is 5.80. The Bertz CT molecular complexity index is 843. The van der Waals surface area contributed by atoms with Gasteiger partial charge in [0.25, 0.3) is 0 Å². The van der Waals surface area contributed by atoms with Crippen molar-refractivity contribution in [3.8, 4) is 5.75 Å². The number of rotatable bonds is 17. The zero-order valence-electron chi connectivity index (χ0n) is 22.0. The minimum Gasteiger partial charge on any atom is -0.496 e. The van der Waals surface area contributed by atoms with Crippen LogP contribution in [0.3, 0.4) is 0 Å². The number of amidine groups is 1. The van der Waals surface area contributed by atoms with Gasteiger partial charge in [-0.05, 0) is 43.4 Å². The fraction of sp³-hybridized carbons (Fsp3) is 0.571. The van der Waals surface area contributed by atoms with Crippen molar-refractivity contribution < 1.29 is 14.3 Å². The molecule has 6 nitrogen and oxygen atoms in total. The van der Waals surface area contributed by atoms with Crippen molar-refractivity contribution in [2.75, 3.05) is 14.2 Å². The summed E-state index contributed by atoms with van der Waals surface area (Å²) in [6, 6.07) is 5.35. The number of nitrogens with two attached hydrogens (primary N) is 1. The molecule has 6 heteroatoms. The summed E-state index contributed by atoms with van der Waals surface area (Å²) in [6.45, 7) is 11.4. The molecule has 0 saturated heterocycles. The van der Waals surface area contributed by atoms with E-state index in [1.165, 1.54) is 32.8 Å². The molecule has 0 aliphatic rings. The highest BCUT2D eigenvalue weighted by Gasteiger charge is 2.14. The van der Waals surface area contributed by atoms with E-state index in [2.05, 4.69) is 25.7 Å². The number of methoxy groups -OCH3 is 2. The number of unbranched alkanes of at least 4 members (excludes halogenated alkanes) is 5. The van der Waals surface area contributed by atoms with Crippen LogP contribution >= 0.6 is 0 Å². The van der Waals surface area contributed by atoms with Crippen LogP contribution in [0.25, 0.3) is 0 Å². The SMILES string of the molecule is C=C(CCCCC)/C(NCc1ccc(C(=O)OC)cc1OC)=C(/CCCCCC)N=C(N)CC. The van der Waals surface area contributed by atoms with Gasteiger partial charge in [0.1, 0.15) is 5.75 Å². The first-order valence-corrected chi connectivity index (χ1v) is 12.6. The van der Waals surface area contributed by atoms with Crippen LogP contribution in [0.15, 0.2) is 46.7 Å². The van der Waals surface area contributed by atoms with Crippen LogP contribution in [-0.2, 0) is 11.3 Å². The monoisotopic (exact) mass is 471 g/mol. The van der Waals surface area contributed by atoms with E-state index in [4.69, 9.17) is 20.2 Å². The second-order valence-electron chi connectivity index (χ2n) is 8.52. The van der Waals surface area contributed by atoms with Gasteiger partial charge in [-0.15, -0.1) is 0 Å². The summed E-state index contributed by atoms with van der Waals surface area (Å²) in [5.41, 5.74) is 10.6. The summed E-state index contributed by atoms with van der Waals surface area (Å²) in [5, 5.41) is 3.59. The van der Waals surface area contributed by atoms with Crippen molar-refractivity contribution in [1.82, 2.24) is 5.32 Å². The predicted molar refractivity (Wildman–Crippen MR) is 142 cm³/mol. The highest BCUT2D eigenvalue weighted by Crippen LogP contribution is 2.26. The van der Waals surface area contributed by atoms with Crippen molar-refractivity contribution in [1.29, 1.82) is 0 Å². The Hall–Kier alpha value is -2.76. The van der Waals surface area contributed by atoms with Gasteiger partial charge < -0.3 is 20.5 Å². The molecular weight excluding hydrogens is 426 g/mol. The standard InChI is InChI=1S/C28H45N3O3/c1-7-10-12-14-16-24(31-26(29)9-3)27(21(4)15-13-11-8-2)30-20-23-18-17-22(28(32)34-6)19-25(23)33-5/h17-19,30H,4,7-16,20H2,1-3,5-6H3,(H2,29,31)/b27-24+. The van der Waals surface area contributed by atoms with Crippen molar-refractivity contribution in [3.63, 3.8) is 0 Å². The van der Waals surface area contributed by atoms with Crippen LogP contribution in [0.5, 0.6) is 5.75 Å². The summed E-state index contributed by atoms with van der Waals surface area (Å²) in [4.78, 5) is 16.7. The first-order valence-electron chi connectivity index (χ1n) is 12.6. The fourth-order valence-electron chi connectivity index (χ4n) is 3.67. The quantitative estimate of drug-likeness (QED) is 0.0872. The molecule has 0 heterocycles. The minimum absolute atomic E-state index is 0.388. The molecule has 0 unspecified atom stereocenters. The number of carbonyl (C=O) groups is 1. The molecule has 0 amide bonds. The average Bonchev–Trinajstić information content (AvgIpc) is 2.85. The number of ether oxygens (including phenoxy) is 2. The number of esters is 1. The Labute approximate surface area is 206 Å². The van der Waals surface area contributed by atoms with Gasteiger partial charge >= 0.3 is 5.97 Å². The molecule has 0 radical (unpaired) electrons. The molecule has 3 N–H and O–H groups in total. The van der Waals surface area contributed by atoms with Crippen LogP contribution in [0.1, 0.15) is 101 Å². The van der Waals surface area contributed by atoms with E-state index in [-0.39, 0.29) is 5.97 Å². The van der Waals surface area contributed by atoms with Gasteiger partial charge in [0.2, 0.25) is 0 Å². The zero-order valence-corrected chi connectivity index (χ0v) is 22.0. The van der Waals surface area contributed by atoms with Gasteiger partial charge in [-0.1, -0.05) is 65.5 Å². The Morgan fingerprint density at radius 2 is 1.71 bits per heavy atom. The maximum atomic E-state index is 11.9. The molecule has 0 aromatic heterocycles. The Kier molecular flexibility index (Phi) is 14.5. The maximum absolute atomic E-state index is 11.9. The number of benzene rings is 1. The van der Waals surface area contributed by atoms with E-state index in [1.807, 2.05) is 13.0 Å². The minimum atomic E-state index is -0.388. The lowest BCUT2D eigenvalue weighted by atomic mass is 10.0. The first-order chi connectivity index (χ1) is 16.4. The molecular formula is C28H45N3O3. The van der Waals surface area contributed by atoms with Crippen LogP contribution < -0.4 is 15.8 Å². The van der Waals surface area contributed by atoms with Crippen LogP contribution in [-0.4, -0.2) is 26.0 Å². The number of carbonyl (C=O) groups excluding carboxylic acids is 1. The summed E-state index contributed by atoms with van der Waals surface area (Å²) in [7, 11) is 2.97. The molecule has 0 spiro atoms. The third-order valence-electron chi connectivity index (χ3n) is 5.80. The highest BCUT2D eigenvalue weighted by atomic mass is 16.5. The van der Waals surface area contributed by atoms with Crippen molar-refractivity contribution >= 4 is 11.8 Å². The summed E-state index contributed by atoms with van der Waals surface area (Å²) < 4.78 is 10.4. The Morgan fingerprint density at radius 1 is 1.03 bits per heavy atom. The van der Waals surface area contributed by atoms with E-state index < -0.39 is 0 Å². The van der Waals surface area contributed by atoms with Crippen molar-refractivity contribution in [3.05, 3.63) is 52.9 Å². The molecule has 1 rings (SSSR count). The topological polar surface area (TPSA) is 85.9 Å². The van der Waals surface area contributed by atoms with Gasteiger partial charge in [-0.2, -0.15) is 0 Å². The second kappa shape index (κ2) is 16.8. The molecule has 0 aliphatic heterocycles. The van der Waals surface area contributed by atoms with Gasteiger partial charge in [0, 0.05) is 18.5 Å². The predicted octanol–water partition coefficient (Wildman–Crippen LogP) is 6.66. The fourth-order valence-corrected chi connectivity index (χ4v) is 3.67. The van der Waals surface area contributed by atoms with Gasteiger partial charge in [-0.3, -0.25) is 0 Å². The van der Waals surface area contributed by atoms with E-state index in [0.29, 0.717) is 30.1 Å². The second-order valence-corrected chi connectivity index (χ2v) is 8.52. The lowest BCUT2D eigenvalue weighted by Crippen LogP contribution is -2.19. The number of nitrogens with zero attached hydrogens (tertiary/aromatic N) is 1. The van der Waals surface area contributed by atoms with Gasteiger partial charge in [0.15, 0.2) is 0 Å². The summed E-state index contributed by atoms with van der Waals surface area (Å²) in [5.74, 6) is 0.875. The van der Waals surface area contributed by atoms with E-state index >= 15 is 0 Å². The molecule has 0 bridgehead atoms. The van der Waals surface area contributed by atoms with E-state index in [1.54, 1.807) is 19.2 Å². The molecule has 34 heavy (non-hydrogen) atoms. The third kappa shape index (κ3) is 10.0. The smallest absolute Gasteiger partial charge is 0.337 e. The molecule has 0 fully saturated rings. The molecule has 0 atom stereocenters. The molecule has 1 aromatic rings. The van der Waals surface area contributed by atoms with Crippen molar-refractivity contribution in [2.24, 2.45) is 10.7 Å². The molecule has 0 saturated carbocycles.